The van der Waals surface area contributed by atoms with Crippen LogP contribution in [0, 0.1) is 12.3 Å². The van der Waals surface area contributed by atoms with Crippen LogP contribution in [-0.2, 0) is 6.42 Å². The van der Waals surface area contributed by atoms with E-state index in [-0.39, 0.29) is 5.84 Å². The van der Waals surface area contributed by atoms with Crippen molar-refractivity contribution in [2.75, 3.05) is 0 Å². The molecule has 1 aromatic heterocycles. The molecule has 0 saturated carbocycles. The Morgan fingerprint density at radius 2 is 2.55 bits per heavy atom. The molecular formula is C7H12N4. The summed E-state index contributed by atoms with van der Waals surface area (Å²) in [5.41, 5.74) is 6.24. The third kappa shape index (κ3) is 2.41. The molecule has 0 fully saturated rings. The highest BCUT2D eigenvalue weighted by atomic mass is 14.9. The number of amidine groups is 1. The van der Waals surface area contributed by atoms with Crippen LogP contribution >= 0.6 is 0 Å². The van der Waals surface area contributed by atoms with E-state index in [1.807, 2.05) is 6.92 Å². The molecule has 0 bridgehead atoms. The molecule has 0 atom stereocenters. The Bertz CT molecular complexity index is 251. The van der Waals surface area contributed by atoms with E-state index in [9.17, 15) is 0 Å². The molecule has 1 aromatic rings. The molecule has 0 aliphatic carbocycles. The van der Waals surface area contributed by atoms with E-state index in [1.54, 1.807) is 6.20 Å². The summed E-state index contributed by atoms with van der Waals surface area (Å²) in [4.78, 5) is 7.10. The number of aromatic nitrogens is 2. The summed E-state index contributed by atoms with van der Waals surface area (Å²) >= 11 is 0. The molecule has 0 aliphatic heterocycles. The second kappa shape index (κ2) is 3.18. The summed E-state index contributed by atoms with van der Waals surface area (Å²) in [6, 6.07) is 0. The second-order valence-electron chi connectivity index (χ2n) is 2.52. The van der Waals surface area contributed by atoms with Crippen LogP contribution in [-0.4, -0.2) is 15.8 Å². The first-order valence-corrected chi connectivity index (χ1v) is 3.52. The van der Waals surface area contributed by atoms with Gasteiger partial charge in [-0.2, -0.15) is 0 Å². The van der Waals surface area contributed by atoms with Crippen molar-refractivity contribution in [3.63, 3.8) is 0 Å². The SMILES string of the molecule is Cc1ncc(CCC(=N)N)[nH]1. The van der Waals surface area contributed by atoms with Crippen molar-refractivity contribution in [3.8, 4) is 0 Å². The maximum absolute atomic E-state index is 6.99. The van der Waals surface area contributed by atoms with Crippen LogP contribution in [0.2, 0.25) is 0 Å². The zero-order valence-electron chi connectivity index (χ0n) is 6.52. The minimum Gasteiger partial charge on any atom is -0.388 e. The van der Waals surface area contributed by atoms with Gasteiger partial charge in [-0.1, -0.05) is 0 Å². The monoisotopic (exact) mass is 152 g/mol. The van der Waals surface area contributed by atoms with Gasteiger partial charge in [0.15, 0.2) is 0 Å². The number of nitrogens with two attached hydrogens (primary N) is 1. The fourth-order valence-corrected chi connectivity index (χ4v) is 0.868. The van der Waals surface area contributed by atoms with Gasteiger partial charge in [0, 0.05) is 18.3 Å². The van der Waals surface area contributed by atoms with Crippen LogP contribution < -0.4 is 5.73 Å². The fourth-order valence-electron chi connectivity index (χ4n) is 0.868. The number of rotatable bonds is 3. The van der Waals surface area contributed by atoms with Gasteiger partial charge in [-0.3, -0.25) is 5.41 Å². The molecule has 0 unspecified atom stereocenters. The number of hydrogen-bond donors (Lipinski definition) is 3. The van der Waals surface area contributed by atoms with Crippen LogP contribution in [0.3, 0.4) is 0 Å². The van der Waals surface area contributed by atoms with Gasteiger partial charge in [0.2, 0.25) is 0 Å². The van der Waals surface area contributed by atoms with Gasteiger partial charge < -0.3 is 10.7 Å². The quantitative estimate of drug-likeness (QED) is 0.437. The van der Waals surface area contributed by atoms with Crippen LogP contribution in [0.25, 0.3) is 0 Å². The van der Waals surface area contributed by atoms with Crippen LogP contribution in [0.1, 0.15) is 17.9 Å². The lowest BCUT2D eigenvalue weighted by atomic mass is 10.2. The molecule has 0 aliphatic rings. The van der Waals surface area contributed by atoms with Gasteiger partial charge in [-0.05, 0) is 13.3 Å². The van der Waals surface area contributed by atoms with Crippen molar-refractivity contribution in [3.05, 3.63) is 17.7 Å². The summed E-state index contributed by atoms with van der Waals surface area (Å²) in [6.07, 6.45) is 3.15. The van der Waals surface area contributed by atoms with Gasteiger partial charge in [0.05, 0.1) is 5.84 Å². The predicted molar refractivity (Wildman–Crippen MR) is 43.6 cm³/mol. The first-order valence-electron chi connectivity index (χ1n) is 3.52. The second-order valence-corrected chi connectivity index (χ2v) is 2.52. The van der Waals surface area contributed by atoms with Crippen LogP contribution in [0.15, 0.2) is 6.20 Å². The van der Waals surface area contributed by atoms with E-state index in [4.69, 9.17) is 11.1 Å². The largest absolute Gasteiger partial charge is 0.388 e. The molecule has 0 radical (unpaired) electrons. The third-order valence-electron chi connectivity index (χ3n) is 1.42. The molecule has 0 saturated heterocycles. The molecule has 4 N–H and O–H groups in total. The van der Waals surface area contributed by atoms with Gasteiger partial charge in [-0.15, -0.1) is 0 Å². The molecular weight excluding hydrogens is 140 g/mol. The van der Waals surface area contributed by atoms with Gasteiger partial charge in [0.1, 0.15) is 5.82 Å². The topological polar surface area (TPSA) is 78.6 Å². The molecule has 0 amide bonds. The van der Waals surface area contributed by atoms with Crippen LogP contribution in [0.4, 0.5) is 0 Å². The molecule has 4 heteroatoms. The Morgan fingerprint density at radius 3 is 3.00 bits per heavy atom. The number of imidazole rings is 1. The number of nitrogens with one attached hydrogen (secondary N) is 2. The Hall–Kier alpha value is -1.32. The van der Waals surface area contributed by atoms with Crippen LogP contribution in [0.5, 0.6) is 0 Å². The van der Waals surface area contributed by atoms with E-state index in [2.05, 4.69) is 9.97 Å². The highest BCUT2D eigenvalue weighted by molar-refractivity contribution is 5.76. The average molecular weight is 152 g/mol. The van der Waals surface area contributed by atoms with E-state index >= 15 is 0 Å². The van der Waals surface area contributed by atoms with Crippen molar-refractivity contribution in [2.45, 2.75) is 19.8 Å². The molecule has 1 rings (SSSR count). The summed E-state index contributed by atoms with van der Waals surface area (Å²) < 4.78 is 0. The number of aromatic amines is 1. The smallest absolute Gasteiger partial charge is 0.103 e. The molecule has 11 heavy (non-hydrogen) atoms. The lowest BCUT2D eigenvalue weighted by Crippen LogP contribution is -2.10. The molecule has 1 heterocycles. The standard InChI is InChI=1S/C7H12N4/c1-5-10-4-6(11-5)2-3-7(8)9/h4H,2-3H2,1H3,(H3,8,9)(H,10,11). The minimum atomic E-state index is 0.220. The van der Waals surface area contributed by atoms with Gasteiger partial charge in [0.25, 0.3) is 0 Å². The fraction of sp³-hybridized carbons (Fsp3) is 0.429. The third-order valence-corrected chi connectivity index (χ3v) is 1.42. The van der Waals surface area contributed by atoms with Crippen molar-refractivity contribution >= 4 is 5.84 Å². The number of aryl methyl sites for hydroxylation is 2. The molecule has 60 valence electrons. The molecule has 4 nitrogen and oxygen atoms in total. The summed E-state index contributed by atoms with van der Waals surface area (Å²) in [6.45, 7) is 1.90. The first-order chi connectivity index (χ1) is 5.18. The summed E-state index contributed by atoms with van der Waals surface area (Å²) in [7, 11) is 0. The highest BCUT2D eigenvalue weighted by Gasteiger charge is 1.96. The zero-order valence-corrected chi connectivity index (χ0v) is 6.52. The molecule has 0 aromatic carbocycles. The van der Waals surface area contributed by atoms with Gasteiger partial charge in [-0.25, -0.2) is 4.98 Å². The lowest BCUT2D eigenvalue weighted by molar-refractivity contribution is 0.964. The number of hydrogen-bond acceptors (Lipinski definition) is 2. The van der Waals surface area contributed by atoms with E-state index < -0.39 is 0 Å². The highest BCUT2D eigenvalue weighted by Crippen LogP contribution is 1.98. The molecule has 0 spiro atoms. The maximum Gasteiger partial charge on any atom is 0.103 e. The van der Waals surface area contributed by atoms with E-state index in [0.29, 0.717) is 6.42 Å². The Morgan fingerprint density at radius 1 is 1.82 bits per heavy atom. The van der Waals surface area contributed by atoms with Crippen molar-refractivity contribution in [1.82, 2.24) is 9.97 Å². The zero-order chi connectivity index (χ0) is 8.27. The van der Waals surface area contributed by atoms with Crippen molar-refractivity contribution in [1.29, 1.82) is 5.41 Å². The Kier molecular flexibility index (Phi) is 2.25. The van der Waals surface area contributed by atoms with E-state index in [0.717, 1.165) is 17.9 Å². The van der Waals surface area contributed by atoms with Crippen molar-refractivity contribution < 1.29 is 0 Å². The van der Waals surface area contributed by atoms with Crippen molar-refractivity contribution in [2.24, 2.45) is 5.73 Å². The van der Waals surface area contributed by atoms with E-state index in [1.165, 1.54) is 0 Å². The Balaban J connectivity index is 2.45. The lowest BCUT2D eigenvalue weighted by Gasteiger charge is -1.93. The summed E-state index contributed by atoms with van der Waals surface area (Å²) in [5.74, 6) is 1.13. The first kappa shape index (κ1) is 7.78. The number of H-pyrrole nitrogens is 1. The Labute approximate surface area is 65.3 Å². The minimum absolute atomic E-state index is 0.220. The average Bonchev–Trinajstić information content (AvgIpc) is 2.31. The van der Waals surface area contributed by atoms with Gasteiger partial charge >= 0.3 is 0 Å². The summed E-state index contributed by atoms with van der Waals surface area (Å²) in [5, 5.41) is 6.99. The maximum atomic E-state index is 6.99. The number of nitrogens with zero attached hydrogens (tertiary/aromatic N) is 1. The predicted octanol–water partition coefficient (Wildman–Crippen LogP) is 0.587. The normalized spacial score (nSPS) is 9.91.